The van der Waals surface area contributed by atoms with Crippen molar-refractivity contribution in [3.8, 4) is 0 Å². The van der Waals surface area contributed by atoms with Crippen molar-refractivity contribution in [2.24, 2.45) is 0 Å². The van der Waals surface area contributed by atoms with Gasteiger partial charge >= 0.3 is 0 Å². The van der Waals surface area contributed by atoms with E-state index in [-0.39, 0.29) is 11.8 Å². The van der Waals surface area contributed by atoms with Gasteiger partial charge in [-0.2, -0.15) is 23.1 Å². The van der Waals surface area contributed by atoms with Gasteiger partial charge in [-0.1, -0.05) is 12.1 Å². The Labute approximate surface area is 158 Å². The van der Waals surface area contributed by atoms with Crippen LogP contribution in [0.3, 0.4) is 0 Å². The van der Waals surface area contributed by atoms with Gasteiger partial charge in [0.15, 0.2) is 0 Å². The van der Waals surface area contributed by atoms with Crippen LogP contribution < -0.4 is 10.6 Å². The van der Waals surface area contributed by atoms with Gasteiger partial charge in [0.1, 0.15) is 6.04 Å². The number of rotatable bonds is 8. The maximum Gasteiger partial charge on any atom is 0.253 e. The predicted octanol–water partition coefficient (Wildman–Crippen LogP) is 3.68. The highest BCUT2D eigenvalue weighted by molar-refractivity contribution is 9.10. The van der Waals surface area contributed by atoms with Gasteiger partial charge in [0.05, 0.1) is 5.56 Å². The lowest BCUT2D eigenvalue weighted by atomic mass is 10.1. The topological polar surface area (TPSA) is 58.2 Å². The van der Waals surface area contributed by atoms with E-state index >= 15 is 0 Å². The molecule has 0 fully saturated rings. The molecule has 0 spiro atoms. The number of hydrogen-bond acceptors (Lipinski definition) is 4. The minimum Gasteiger partial charge on any atom is -0.350 e. The van der Waals surface area contributed by atoms with Gasteiger partial charge in [-0.25, -0.2) is 0 Å². The van der Waals surface area contributed by atoms with Crippen LogP contribution in [0.25, 0.3) is 0 Å². The quantitative estimate of drug-likeness (QED) is 0.676. The van der Waals surface area contributed by atoms with E-state index in [2.05, 4.69) is 26.6 Å². The zero-order chi connectivity index (χ0) is 17.4. The summed E-state index contributed by atoms with van der Waals surface area (Å²) in [6.45, 7) is 0.475. The summed E-state index contributed by atoms with van der Waals surface area (Å²) < 4.78 is 0.713. The predicted molar refractivity (Wildman–Crippen MR) is 105 cm³/mol. The van der Waals surface area contributed by atoms with Gasteiger partial charge in [0, 0.05) is 11.0 Å². The van der Waals surface area contributed by atoms with E-state index in [9.17, 15) is 9.59 Å². The van der Waals surface area contributed by atoms with Crippen molar-refractivity contribution in [2.45, 2.75) is 19.0 Å². The molecule has 0 saturated carbocycles. The first kappa shape index (κ1) is 19.0. The van der Waals surface area contributed by atoms with Crippen LogP contribution in [0.5, 0.6) is 0 Å². The zero-order valence-electron chi connectivity index (χ0n) is 13.3. The minimum absolute atomic E-state index is 0.157. The average molecular weight is 427 g/mol. The highest BCUT2D eigenvalue weighted by atomic mass is 79.9. The Kier molecular flexibility index (Phi) is 7.81. The molecule has 1 heterocycles. The summed E-state index contributed by atoms with van der Waals surface area (Å²) in [4.78, 5) is 24.9. The Hall–Kier alpha value is -1.31. The lowest BCUT2D eigenvalue weighted by Crippen LogP contribution is -2.46. The minimum atomic E-state index is -0.546. The number of hydrogen-bond donors (Lipinski definition) is 2. The molecule has 2 rings (SSSR count). The zero-order valence-corrected chi connectivity index (χ0v) is 16.5. The molecule has 4 nitrogen and oxygen atoms in total. The van der Waals surface area contributed by atoms with Crippen molar-refractivity contribution in [2.75, 3.05) is 12.0 Å². The Balaban J connectivity index is 2.00. The van der Waals surface area contributed by atoms with Crippen LogP contribution in [-0.2, 0) is 11.3 Å². The third kappa shape index (κ3) is 5.65. The third-order valence-electron chi connectivity index (χ3n) is 3.40. The first-order valence-corrected chi connectivity index (χ1v) is 10.6. The number of benzene rings is 1. The molecule has 0 aliphatic rings. The number of carbonyl (C=O) groups is 2. The van der Waals surface area contributed by atoms with Gasteiger partial charge in [0.2, 0.25) is 5.91 Å². The van der Waals surface area contributed by atoms with Gasteiger partial charge in [-0.15, -0.1) is 0 Å². The van der Waals surface area contributed by atoms with Crippen molar-refractivity contribution in [3.05, 3.63) is 56.7 Å². The molecule has 2 amide bonds. The van der Waals surface area contributed by atoms with Crippen LogP contribution in [-0.4, -0.2) is 29.9 Å². The SMILES string of the molecule is CSCCC(NC(=O)c1ccccc1Br)C(=O)NCc1ccsc1. The van der Waals surface area contributed by atoms with Crippen LogP contribution in [0, 0.1) is 0 Å². The van der Waals surface area contributed by atoms with E-state index in [0.29, 0.717) is 23.0 Å². The molecule has 0 radical (unpaired) electrons. The number of thioether (sulfide) groups is 1. The Morgan fingerprint density at radius 1 is 1.29 bits per heavy atom. The highest BCUT2D eigenvalue weighted by Gasteiger charge is 2.21. The molecule has 2 aromatic rings. The molecular formula is C17H19BrN2O2S2. The second-order valence-electron chi connectivity index (χ2n) is 5.14. The van der Waals surface area contributed by atoms with Crippen LogP contribution in [0.15, 0.2) is 45.6 Å². The van der Waals surface area contributed by atoms with E-state index in [1.807, 2.05) is 35.2 Å². The van der Waals surface area contributed by atoms with E-state index in [0.717, 1.165) is 11.3 Å². The second kappa shape index (κ2) is 9.86. The molecule has 2 N–H and O–H groups in total. The summed E-state index contributed by atoms with van der Waals surface area (Å²) in [5.41, 5.74) is 1.59. The third-order valence-corrected chi connectivity index (χ3v) is 5.47. The molecule has 128 valence electrons. The van der Waals surface area contributed by atoms with Crippen LogP contribution >= 0.6 is 39.0 Å². The maximum atomic E-state index is 12.5. The monoisotopic (exact) mass is 426 g/mol. The molecule has 1 aromatic heterocycles. The molecule has 0 aliphatic heterocycles. The molecule has 1 unspecified atom stereocenters. The maximum absolute atomic E-state index is 12.5. The molecule has 0 bridgehead atoms. The molecular weight excluding hydrogens is 408 g/mol. The van der Waals surface area contributed by atoms with Gasteiger partial charge in [0.25, 0.3) is 5.91 Å². The lowest BCUT2D eigenvalue weighted by molar-refractivity contribution is -0.123. The van der Waals surface area contributed by atoms with Gasteiger partial charge in [-0.3, -0.25) is 9.59 Å². The summed E-state index contributed by atoms with van der Waals surface area (Å²) >= 11 is 6.61. The largest absolute Gasteiger partial charge is 0.350 e. The van der Waals surface area contributed by atoms with Crippen molar-refractivity contribution in [1.82, 2.24) is 10.6 Å². The lowest BCUT2D eigenvalue weighted by Gasteiger charge is -2.18. The fourth-order valence-corrected chi connectivity index (χ4v) is 3.70. The Bertz CT molecular complexity index is 677. The summed E-state index contributed by atoms with van der Waals surface area (Å²) in [7, 11) is 0. The first-order valence-electron chi connectivity index (χ1n) is 7.45. The molecule has 0 aliphatic carbocycles. The smallest absolute Gasteiger partial charge is 0.253 e. The summed E-state index contributed by atoms with van der Waals surface area (Å²) in [6.07, 6.45) is 2.57. The Morgan fingerprint density at radius 2 is 2.08 bits per heavy atom. The van der Waals surface area contributed by atoms with Crippen molar-refractivity contribution < 1.29 is 9.59 Å². The number of thiophene rings is 1. The molecule has 0 saturated heterocycles. The highest BCUT2D eigenvalue weighted by Crippen LogP contribution is 2.16. The normalized spacial score (nSPS) is 11.8. The van der Waals surface area contributed by atoms with E-state index < -0.39 is 6.04 Å². The van der Waals surface area contributed by atoms with E-state index in [1.54, 1.807) is 35.2 Å². The average Bonchev–Trinajstić information content (AvgIpc) is 3.10. The molecule has 1 aromatic carbocycles. The van der Waals surface area contributed by atoms with Crippen LogP contribution in [0.1, 0.15) is 22.3 Å². The Morgan fingerprint density at radius 3 is 2.75 bits per heavy atom. The molecule has 24 heavy (non-hydrogen) atoms. The van der Waals surface area contributed by atoms with Crippen LogP contribution in [0.4, 0.5) is 0 Å². The van der Waals surface area contributed by atoms with Crippen molar-refractivity contribution in [1.29, 1.82) is 0 Å². The van der Waals surface area contributed by atoms with Gasteiger partial charge in [-0.05, 0) is 68.9 Å². The fourth-order valence-electron chi connectivity index (χ4n) is 2.09. The van der Waals surface area contributed by atoms with E-state index in [1.165, 1.54) is 0 Å². The number of amides is 2. The van der Waals surface area contributed by atoms with Crippen molar-refractivity contribution >= 4 is 50.8 Å². The van der Waals surface area contributed by atoms with E-state index in [4.69, 9.17) is 0 Å². The summed E-state index contributed by atoms with van der Waals surface area (Å²) in [6, 6.07) is 8.61. The fraction of sp³-hybridized carbons (Fsp3) is 0.294. The molecule has 7 heteroatoms. The number of nitrogens with one attached hydrogen (secondary N) is 2. The van der Waals surface area contributed by atoms with Crippen LogP contribution in [0.2, 0.25) is 0 Å². The summed E-state index contributed by atoms with van der Waals surface area (Å²) in [5, 5.41) is 9.72. The molecule has 1 atom stereocenters. The standard InChI is InChI=1S/C17H19BrN2O2S2/c1-23-8-7-15(17(22)19-10-12-6-9-24-11-12)20-16(21)13-4-2-3-5-14(13)18/h2-6,9,11,15H,7-8,10H2,1H3,(H,19,22)(H,20,21). The number of halogens is 1. The second-order valence-corrected chi connectivity index (χ2v) is 7.76. The number of carbonyl (C=O) groups excluding carboxylic acids is 2. The first-order chi connectivity index (χ1) is 11.6. The van der Waals surface area contributed by atoms with Crippen molar-refractivity contribution in [3.63, 3.8) is 0 Å². The van der Waals surface area contributed by atoms with Gasteiger partial charge < -0.3 is 10.6 Å². The summed E-state index contributed by atoms with van der Waals surface area (Å²) in [5.74, 6) is 0.391.